The number of imidazole rings is 1. The zero-order chi connectivity index (χ0) is 30.3. The predicted octanol–water partition coefficient (Wildman–Crippen LogP) is 3.55. The third-order valence-electron chi connectivity index (χ3n) is 6.57. The minimum atomic E-state index is -3.99. The predicted molar refractivity (Wildman–Crippen MR) is 155 cm³/mol. The summed E-state index contributed by atoms with van der Waals surface area (Å²) in [5.74, 6) is -2.15. The number of aryl methyl sites for hydroxylation is 2. The molecule has 0 bridgehead atoms. The number of nitrogens with one attached hydrogen (secondary N) is 3. The van der Waals surface area contributed by atoms with E-state index in [1.54, 1.807) is 7.05 Å². The van der Waals surface area contributed by atoms with Crippen LogP contribution in [0.5, 0.6) is 0 Å². The van der Waals surface area contributed by atoms with Crippen LogP contribution in [0.2, 0.25) is 0 Å². The number of anilines is 1. The summed E-state index contributed by atoms with van der Waals surface area (Å²) in [6, 6.07) is 15.9. The van der Waals surface area contributed by atoms with Crippen LogP contribution in [0.1, 0.15) is 34.0 Å². The van der Waals surface area contributed by atoms with Gasteiger partial charge in [0.2, 0.25) is 0 Å². The molecule has 0 radical (unpaired) electrons. The molecule has 3 aromatic carbocycles. The van der Waals surface area contributed by atoms with Gasteiger partial charge in [-0.05, 0) is 59.9 Å². The summed E-state index contributed by atoms with van der Waals surface area (Å²) in [5.41, 5.74) is 2.71. The molecule has 1 amide bonds. The van der Waals surface area contributed by atoms with Crippen molar-refractivity contribution < 1.29 is 27.1 Å². The smallest absolute Gasteiger partial charge is 0.280 e. The van der Waals surface area contributed by atoms with E-state index in [-0.39, 0.29) is 34.8 Å². The Morgan fingerprint density at radius 3 is 2.40 bits per heavy atom. The van der Waals surface area contributed by atoms with Gasteiger partial charge in [-0.1, -0.05) is 37.3 Å². The van der Waals surface area contributed by atoms with E-state index >= 15 is 0 Å². The molecule has 9 nitrogen and oxygen atoms in total. The van der Waals surface area contributed by atoms with Gasteiger partial charge < -0.3 is 20.3 Å². The lowest BCUT2D eigenvalue weighted by atomic mass is 10.00. The molecule has 4 N–H and O–H groups in total. The minimum Gasteiger partial charge on any atom is -0.390 e. The topological polar surface area (TPSA) is 125 Å². The lowest BCUT2D eigenvalue weighted by Gasteiger charge is -2.25. The van der Waals surface area contributed by atoms with Gasteiger partial charge in [0.05, 0.1) is 18.5 Å². The van der Waals surface area contributed by atoms with Crippen LogP contribution in [0.15, 0.2) is 84.3 Å². The Labute approximate surface area is 243 Å². The summed E-state index contributed by atoms with van der Waals surface area (Å²) < 4.78 is 57.0. The number of halogens is 2. The van der Waals surface area contributed by atoms with Gasteiger partial charge in [-0.25, -0.2) is 13.8 Å². The Balaban J connectivity index is 1.48. The minimum absolute atomic E-state index is 0.0550. The van der Waals surface area contributed by atoms with Gasteiger partial charge in [-0.3, -0.25) is 9.52 Å². The first kappa shape index (κ1) is 30.8. The van der Waals surface area contributed by atoms with Gasteiger partial charge in [0.15, 0.2) is 5.03 Å². The van der Waals surface area contributed by atoms with Crippen LogP contribution in [0.25, 0.3) is 0 Å². The maximum absolute atomic E-state index is 13.9. The monoisotopic (exact) mass is 597 g/mol. The lowest BCUT2D eigenvalue weighted by molar-refractivity contribution is 0.0830. The Hall–Kier alpha value is -4.13. The molecule has 1 heterocycles. The van der Waals surface area contributed by atoms with Crippen LogP contribution in [-0.4, -0.2) is 47.7 Å². The Kier molecular flexibility index (Phi) is 10.0. The van der Waals surface area contributed by atoms with Crippen molar-refractivity contribution in [2.75, 3.05) is 11.3 Å². The SMILES string of the molecule is CCc1cccc(CNC[C@@H](O)[C@H](Cc2cc(F)cc(F)c2)NC(=O)c2cccc(NS(=O)(=O)c3cn(C)cn3)c2)c1. The average molecular weight is 598 g/mol. The van der Waals surface area contributed by atoms with Crippen molar-refractivity contribution in [3.05, 3.63) is 113 Å². The fraction of sp³-hybridized carbons (Fsp3) is 0.267. The second kappa shape index (κ2) is 13.7. The molecule has 222 valence electrons. The van der Waals surface area contributed by atoms with Crippen molar-refractivity contribution in [2.24, 2.45) is 7.05 Å². The number of aromatic nitrogens is 2. The standard InChI is InChI=1S/C30H33F2N5O4S/c1-3-20-6-4-7-21(10-20)16-33-17-28(38)27(13-22-11-24(31)15-25(32)12-22)35-30(39)23-8-5-9-26(14-23)36-42(40,41)29-18-37(2)19-34-29/h4-12,14-15,18-19,27-28,33,36,38H,3,13,16-17H2,1-2H3,(H,35,39)/t27-,28+/m0/s1. The summed E-state index contributed by atoms with van der Waals surface area (Å²) in [6.45, 7) is 2.62. The molecule has 4 rings (SSSR count). The third kappa shape index (κ3) is 8.44. The highest BCUT2D eigenvalue weighted by atomic mass is 32.2. The van der Waals surface area contributed by atoms with Gasteiger partial charge >= 0.3 is 0 Å². The van der Waals surface area contributed by atoms with Gasteiger partial charge in [-0.2, -0.15) is 8.42 Å². The van der Waals surface area contributed by atoms with E-state index in [1.165, 1.54) is 46.9 Å². The van der Waals surface area contributed by atoms with E-state index in [0.29, 0.717) is 6.54 Å². The van der Waals surface area contributed by atoms with Crippen LogP contribution in [0.3, 0.4) is 0 Å². The highest BCUT2D eigenvalue weighted by molar-refractivity contribution is 7.92. The molecule has 4 aromatic rings. The third-order valence-corrected chi connectivity index (χ3v) is 7.84. The number of hydrogen-bond acceptors (Lipinski definition) is 6. The average Bonchev–Trinajstić information content (AvgIpc) is 3.39. The van der Waals surface area contributed by atoms with Crippen molar-refractivity contribution >= 4 is 21.6 Å². The van der Waals surface area contributed by atoms with E-state index in [9.17, 15) is 27.1 Å². The Morgan fingerprint density at radius 1 is 1.00 bits per heavy atom. The molecule has 0 aliphatic heterocycles. The molecular weight excluding hydrogens is 564 g/mol. The maximum Gasteiger partial charge on any atom is 0.280 e. The number of amides is 1. The van der Waals surface area contributed by atoms with E-state index in [4.69, 9.17) is 0 Å². The molecule has 0 unspecified atom stereocenters. The van der Waals surface area contributed by atoms with E-state index < -0.39 is 39.7 Å². The van der Waals surface area contributed by atoms with Crippen molar-refractivity contribution in [3.63, 3.8) is 0 Å². The van der Waals surface area contributed by atoms with Crippen molar-refractivity contribution in [3.8, 4) is 0 Å². The summed E-state index contributed by atoms with van der Waals surface area (Å²) in [4.78, 5) is 17.1. The van der Waals surface area contributed by atoms with Crippen molar-refractivity contribution in [1.82, 2.24) is 20.2 Å². The molecule has 0 fully saturated rings. The summed E-state index contributed by atoms with van der Waals surface area (Å²) in [7, 11) is -2.35. The summed E-state index contributed by atoms with van der Waals surface area (Å²) >= 11 is 0. The first-order chi connectivity index (χ1) is 20.0. The molecule has 0 aliphatic rings. The zero-order valence-electron chi connectivity index (χ0n) is 23.2. The normalized spacial score (nSPS) is 13.0. The maximum atomic E-state index is 13.9. The first-order valence-corrected chi connectivity index (χ1v) is 14.8. The number of carbonyl (C=O) groups excluding carboxylic acids is 1. The van der Waals surface area contributed by atoms with E-state index in [2.05, 4.69) is 33.3 Å². The van der Waals surface area contributed by atoms with Crippen molar-refractivity contribution in [1.29, 1.82) is 0 Å². The molecule has 0 spiro atoms. The number of sulfonamides is 1. The number of hydrogen-bond donors (Lipinski definition) is 4. The molecular formula is C30H33F2N5O4S. The van der Waals surface area contributed by atoms with E-state index in [1.807, 2.05) is 18.2 Å². The largest absolute Gasteiger partial charge is 0.390 e. The van der Waals surface area contributed by atoms with Crippen LogP contribution >= 0.6 is 0 Å². The van der Waals surface area contributed by atoms with Crippen LogP contribution in [-0.2, 0) is 36.5 Å². The highest BCUT2D eigenvalue weighted by Crippen LogP contribution is 2.17. The lowest BCUT2D eigenvalue weighted by Crippen LogP contribution is -2.48. The molecule has 0 aliphatic carbocycles. The van der Waals surface area contributed by atoms with Gasteiger partial charge in [0.1, 0.15) is 11.6 Å². The number of benzene rings is 3. The van der Waals surface area contributed by atoms with Crippen LogP contribution in [0.4, 0.5) is 14.5 Å². The number of carbonyl (C=O) groups is 1. The highest BCUT2D eigenvalue weighted by Gasteiger charge is 2.24. The molecule has 12 heteroatoms. The number of aliphatic hydroxyl groups is 1. The van der Waals surface area contributed by atoms with Crippen molar-refractivity contribution in [2.45, 2.75) is 43.5 Å². The van der Waals surface area contributed by atoms with Crippen LogP contribution in [0, 0.1) is 11.6 Å². The molecule has 0 saturated heterocycles. The van der Waals surface area contributed by atoms with Gasteiger partial charge in [-0.15, -0.1) is 0 Å². The summed E-state index contributed by atoms with van der Waals surface area (Å²) in [6.07, 6.45) is 2.40. The second-order valence-corrected chi connectivity index (χ2v) is 11.6. The van der Waals surface area contributed by atoms with E-state index in [0.717, 1.165) is 30.2 Å². The zero-order valence-corrected chi connectivity index (χ0v) is 24.0. The number of rotatable bonds is 13. The first-order valence-electron chi connectivity index (χ1n) is 13.4. The van der Waals surface area contributed by atoms with Gasteiger partial charge in [0.25, 0.3) is 15.9 Å². The number of aliphatic hydroxyl groups excluding tert-OH is 1. The molecule has 2 atom stereocenters. The number of nitrogens with zero attached hydrogens (tertiary/aromatic N) is 2. The fourth-order valence-electron chi connectivity index (χ4n) is 4.44. The fourth-order valence-corrected chi connectivity index (χ4v) is 5.48. The van der Waals surface area contributed by atoms with Crippen LogP contribution < -0.4 is 15.4 Å². The molecule has 0 saturated carbocycles. The second-order valence-electron chi connectivity index (χ2n) is 10.00. The Bertz CT molecular complexity index is 1620. The summed E-state index contributed by atoms with van der Waals surface area (Å²) in [5, 5.41) is 16.8. The molecule has 1 aromatic heterocycles. The quantitative estimate of drug-likeness (QED) is 0.187. The Morgan fingerprint density at radius 2 is 1.71 bits per heavy atom. The van der Waals surface area contributed by atoms with Gasteiger partial charge in [0, 0.05) is 43.7 Å². The molecule has 42 heavy (non-hydrogen) atoms.